The highest BCUT2D eigenvalue weighted by molar-refractivity contribution is 6.30. The van der Waals surface area contributed by atoms with Gasteiger partial charge in [-0.2, -0.15) is 13.2 Å². The molecular weight excluding hydrogens is 529 g/mol. The van der Waals surface area contributed by atoms with Crippen LogP contribution >= 0.6 is 11.6 Å². The first-order chi connectivity index (χ1) is 18.0. The minimum Gasteiger partial charge on any atom is -0.500 e. The van der Waals surface area contributed by atoms with Gasteiger partial charge in [-0.1, -0.05) is 11.6 Å². The summed E-state index contributed by atoms with van der Waals surface area (Å²) in [6.45, 7) is 0.729. The molecule has 0 N–H and O–H groups in total. The van der Waals surface area contributed by atoms with Crippen molar-refractivity contribution in [1.29, 1.82) is 0 Å². The van der Waals surface area contributed by atoms with E-state index in [1.165, 1.54) is 6.07 Å². The number of nitrogens with zero attached hydrogens (tertiary/aromatic N) is 3. The van der Waals surface area contributed by atoms with Gasteiger partial charge in [0.25, 0.3) is 0 Å². The third-order valence-corrected chi connectivity index (χ3v) is 7.86. The molecule has 2 aromatic heterocycles. The van der Waals surface area contributed by atoms with Crippen LogP contribution in [0.15, 0.2) is 42.0 Å². The van der Waals surface area contributed by atoms with Crippen LogP contribution in [0.3, 0.4) is 0 Å². The SMILES string of the molecule is COC1=CC(OCc2ccc(C(F)(F)F)cn2)=CCC1c1nc(C2CCC(F)(F)CC2)n(CC2CC2)c1Cl. The fourth-order valence-electron chi connectivity index (χ4n) is 5.07. The van der Waals surface area contributed by atoms with Crippen LogP contribution in [0.4, 0.5) is 22.0 Å². The van der Waals surface area contributed by atoms with Gasteiger partial charge in [-0.3, -0.25) is 4.98 Å². The Morgan fingerprint density at radius 2 is 1.87 bits per heavy atom. The van der Waals surface area contributed by atoms with Gasteiger partial charge in [0, 0.05) is 37.6 Å². The minimum absolute atomic E-state index is 0.00460. The molecule has 5 nitrogen and oxygen atoms in total. The second kappa shape index (κ2) is 10.5. The van der Waals surface area contributed by atoms with E-state index >= 15 is 0 Å². The Labute approximate surface area is 222 Å². The zero-order valence-corrected chi connectivity index (χ0v) is 21.7. The van der Waals surface area contributed by atoms with Crippen molar-refractivity contribution in [3.8, 4) is 0 Å². The Kier molecular flexibility index (Phi) is 7.46. The van der Waals surface area contributed by atoms with Crippen molar-refractivity contribution in [1.82, 2.24) is 14.5 Å². The molecule has 2 saturated carbocycles. The van der Waals surface area contributed by atoms with Gasteiger partial charge >= 0.3 is 6.18 Å². The van der Waals surface area contributed by atoms with Gasteiger partial charge in [0.15, 0.2) is 0 Å². The second-order valence-corrected chi connectivity index (χ2v) is 10.7. The summed E-state index contributed by atoms with van der Waals surface area (Å²) in [5, 5.41) is 0.518. The van der Waals surface area contributed by atoms with Crippen molar-refractivity contribution >= 4 is 11.6 Å². The lowest BCUT2D eigenvalue weighted by atomic mass is 9.86. The fourth-order valence-corrected chi connectivity index (χ4v) is 5.40. The predicted molar refractivity (Wildman–Crippen MR) is 131 cm³/mol. The van der Waals surface area contributed by atoms with Gasteiger partial charge in [-0.15, -0.1) is 0 Å². The molecule has 1 atom stereocenters. The van der Waals surface area contributed by atoms with Gasteiger partial charge in [-0.05, 0) is 56.2 Å². The summed E-state index contributed by atoms with van der Waals surface area (Å²) in [5.41, 5.74) is 0.201. The number of alkyl halides is 5. The molecule has 0 radical (unpaired) electrons. The number of imidazole rings is 1. The lowest BCUT2D eigenvalue weighted by molar-refractivity contribution is -0.137. The summed E-state index contributed by atoms with van der Waals surface area (Å²) in [5.74, 6) is -0.561. The molecule has 0 amide bonds. The normalized spacial score (nSPS) is 22.1. The van der Waals surface area contributed by atoms with E-state index in [-0.39, 0.29) is 31.3 Å². The Morgan fingerprint density at radius 3 is 2.47 bits per heavy atom. The van der Waals surface area contributed by atoms with E-state index in [2.05, 4.69) is 4.98 Å². The maximum atomic E-state index is 13.8. The highest BCUT2D eigenvalue weighted by Crippen LogP contribution is 2.45. The molecular formula is C27H29ClF5N3O2. The molecule has 0 spiro atoms. The second-order valence-electron chi connectivity index (χ2n) is 10.3. The van der Waals surface area contributed by atoms with Gasteiger partial charge in [-0.25, -0.2) is 13.8 Å². The minimum atomic E-state index is -4.45. The Morgan fingerprint density at radius 1 is 1.13 bits per heavy atom. The Balaban J connectivity index is 1.31. The fraction of sp³-hybridized carbons (Fsp3) is 0.556. The molecule has 3 aliphatic carbocycles. The standard InChI is InChI=1S/C27H29ClF5N3O2/c1-37-22-12-20(38-15-19-5-4-18(13-34-19)27(31,32)33)6-7-21(22)23-24(28)36(14-16-2-3-16)25(35-23)17-8-10-26(29,30)11-9-17/h4-6,12-13,16-17,21H,2-3,7-11,14-15H2,1H3. The summed E-state index contributed by atoms with van der Waals surface area (Å²) in [6.07, 6.45) is 3.09. The van der Waals surface area contributed by atoms with E-state index in [1.807, 2.05) is 10.6 Å². The number of hydrogen-bond acceptors (Lipinski definition) is 4. The molecule has 11 heteroatoms. The summed E-state index contributed by atoms with van der Waals surface area (Å²) < 4.78 is 79.4. The number of methoxy groups -OCH3 is 1. The molecule has 0 bridgehead atoms. The highest BCUT2D eigenvalue weighted by atomic mass is 35.5. The maximum absolute atomic E-state index is 13.8. The van der Waals surface area contributed by atoms with Gasteiger partial charge < -0.3 is 14.0 Å². The largest absolute Gasteiger partial charge is 0.500 e. The quantitative estimate of drug-likeness (QED) is 0.311. The molecule has 1 unspecified atom stereocenters. The number of allylic oxidation sites excluding steroid dienone is 3. The third-order valence-electron chi connectivity index (χ3n) is 7.47. The first-order valence-electron chi connectivity index (χ1n) is 12.8. The molecule has 0 aliphatic heterocycles. The molecule has 38 heavy (non-hydrogen) atoms. The molecule has 5 rings (SSSR count). The summed E-state index contributed by atoms with van der Waals surface area (Å²) in [7, 11) is 1.54. The first-order valence-corrected chi connectivity index (χ1v) is 13.2. The van der Waals surface area contributed by atoms with Crippen molar-refractivity contribution in [2.45, 2.75) is 82.0 Å². The summed E-state index contributed by atoms with van der Waals surface area (Å²) >= 11 is 6.88. The smallest absolute Gasteiger partial charge is 0.417 e. The predicted octanol–water partition coefficient (Wildman–Crippen LogP) is 7.77. The van der Waals surface area contributed by atoms with E-state index in [0.717, 1.165) is 37.5 Å². The first kappa shape index (κ1) is 27.0. The number of ether oxygens (including phenoxy) is 2. The highest BCUT2D eigenvalue weighted by Gasteiger charge is 2.39. The van der Waals surface area contributed by atoms with E-state index in [1.54, 1.807) is 13.2 Å². The van der Waals surface area contributed by atoms with Crippen molar-refractivity contribution in [2.75, 3.05) is 7.11 Å². The van der Waals surface area contributed by atoms with Crippen LogP contribution in [-0.2, 0) is 28.8 Å². The van der Waals surface area contributed by atoms with Crippen molar-refractivity contribution in [3.63, 3.8) is 0 Å². The number of aromatic nitrogens is 3. The van der Waals surface area contributed by atoms with Crippen LogP contribution in [0.25, 0.3) is 0 Å². The van der Waals surface area contributed by atoms with Crippen molar-refractivity contribution in [3.05, 3.63) is 69.9 Å². The Hall–Kier alpha value is -2.62. The summed E-state index contributed by atoms with van der Waals surface area (Å²) in [6, 6.07) is 2.25. The van der Waals surface area contributed by atoms with E-state index in [0.29, 0.717) is 53.2 Å². The third kappa shape index (κ3) is 6.00. The molecule has 2 aromatic rings. The van der Waals surface area contributed by atoms with E-state index in [9.17, 15) is 22.0 Å². The summed E-state index contributed by atoms with van der Waals surface area (Å²) in [4.78, 5) is 8.76. The maximum Gasteiger partial charge on any atom is 0.417 e. The van der Waals surface area contributed by atoms with Gasteiger partial charge in [0.1, 0.15) is 29.1 Å². The zero-order valence-electron chi connectivity index (χ0n) is 20.9. The van der Waals surface area contributed by atoms with Gasteiger partial charge in [0.2, 0.25) is 5.92 Å². The molecule has 0 aromatic carbocycles. The number of rotatable bonds is 8. The number of pyridine rings is 1. The zero-order chi connectivity index (χ0) is 27.1. The van der Waals surface area contributed by atoms with Gasteiger partial charge in [0.05, 0.1) is 30.0 Å². The van der Waals surface area contributed by atoms with Crippen LogP contribution in [0.5, 0.6) is 0 Å². The monoisotopic (exact) mass is 557 g/mol. The average molecular weight is 558 g/mol. The molecule has 206 valence electrons. The van der Waals surface area contributed by atoms with Crippen LogP contribution in [0.2, 0.25) is 5.15 Å². The van der Waals surface area contributed by atoms with Crippen LogP contribution in [-0.4, -0.2) is 27.6 Å². The molecule has 2 fully saturated rings. The van der Waals surface area contributed by atoms with E-state index < -0.39 is 17.7 Å². The van der Waals surface area contributed by atoms with Crippen LogP contribution in [0, 0.1) is 5.92 Å². The topological polar surface area (TPSA) is 49.2 Å². The van der Waals surface area contributed by atoms with Crippen LogP contribution < -0.4 is 0 Å². The number of hydrogen-bond donors (Lipinski definition) is 0. The average Bonchev–Trinajstić information content (AvgIpc) is 3.65. The van der Waals surface area contributed by atoms with Crippen molar-refractivity contribution in [2.24, 2.45) is 5.92 Å². The lowest BCUT2D eigenvalue weighted by Gasteiger charge is -2.28. The molecule has 2 heterocycles. The Bertz CT molecular complexity index is 1210. The van der Waals surface area contributed by atoms with Crippen LogP contribution in [0.1, 0.15) is 79.6 Å². The van der Waals surface area contributed by atoms with E-state index in [4.69, 9.17) is 26.1 Å². The molecule has 0 saturated heterocycles. The van der Waals surface area contributed by atoms with Crippen molar-refractivity contribution < 1.29 is 31.4 Å². The molecule has 3 aliphatic rings. The lowest BCUT2D eigenvalue weighted by Crippen LogP contribution is -2.25. The number of halogens is 6.